The molecule has 0 atom stereocenters. The predicted octanol–water partition coefficient (Wildman–Crippen LogP) is 1.78. The van der Waals surface area contributed by atoms with Gasteiger partial charge in [0.15, 0.2) is 0 Å². The molecule has 0 N–H and O–H groups in total. The molecule has 0 aliphatic heterocycles. The van der Waals surface area contributed by atoms with E-state index in [1.807, 2.05) is 37.5 Å². The van der Waals surface area contributed by atoms with Crippen molar-refractivity contribution in [3.8, 4) is 0 Å². The molecule has 0 bridgehead atoms. The van der Waals surface area contributed by atoms with Gasteiger partial charge in [-0.25, -0.2) is 9.59 Å². The third kappa shape index (κ3) is 9.85. The highest BCUT2D eigenvalue weighted by Crippen LogP contribution is 1.92. The number of hydrogen-bond acceptors (Lipinski definition) is 6. The SMILES string of the molecule is CCN(/C=C/C(=O)OCCOC(=O)/C=C/N(CC)CC)CC. The summed E-state index contributed by atoms with van der Waals surface area (Å²) in [5.41, 5.74) is 0. The number of nitrogens with zero attached hydrogens (tertiary/aromatic N) is 2. The molecule has 22 heavy (non-hydrogen) atoms. The Hall–Kier alpha value is -1.98. The Balaban J connectivity index is 3.88. The highest BCUT2D eigenvalue weighted by molar-refractivity contribution is 5.82. The molecule has 126 valence electrons. The Morgan fingerprint density at radius 3 is 1.32 bits per heavy atom. The molecular weight excluding hydrogens is 284 g/mol. The van der Waals surface area contributed by atoms with Crippen LogP contribution in [0.1, 0.15) is 27.7 Å². The molecule has 0 saturated carbocycles. The standard InChI is InChI=1S/C16H28N2O4/c1-5-17(6-2)11-9-15(19)21-13-14-22-16(20)10-12-18(7-3)8-4/h9-12H,5-8,13-14H2,1-4H3/b11-9+,12-10+. The van der Waals surface area contributed by atoms with Gasteiger partial charge in [0.05, 0.1) is 0 Å². The summed E-state index contributed by atoms with van der Waals surface area (Å²) in [6.45, 7) is 11.4. The summed E-state index contributed by atoms with van der Waals surface area (Å²) in [4.78, 5) is 26.8. The summed E-state index contributed by atoms with van der Waals surface area (Å²) in [6.07, 6.45) is 6.13. The quantitative estimate of drug-likeness (QED) is 0.329. The monoisotopic (exact) mass is 312 g/mol. The van der Waals surface area contributed by atoms with E-state index in [1.54, 1.807) is 12.4 Å². The van der Waals surface area contributed by atoms with Gasteiger partial charge in [0.2, 0.25) is 0 Å². The van der Waals surface area contributed by atoms with E-state index in [4.69, 9.17) is 9.47 Å². The van der Waals surface area contributed by atoms with Gasteiger partial charge in [-0.15, -0.1) is 0 Å². The molecule has 0 saturated heterocycles. The van der Waals surface area contributed by atoms with Crippen molar-refractivity contribution in [1.82, 2.24) is 9.80 Å². The van der Waals surface area contributed by atoms with Crippen LogP contribution in [0.3, 0.4) is 0 Å². The van der Waals surface area contributed by atoms with Crippen LogP contribution in [0.2, 0.25) is 0 Å². The minimum absolute atomic E-state index is 0.0479. The maximum Gasteiger partial charge on any atom is 0.332 e. The molecule has 0 unspecified atom stereocenters. The molecule has 0 heterocycles. The lowest BCUT2D eigenvalue weighted by molar-refractivity contribution is -0.146. The van der Waals surface area contributed by atoms with E-state index < -0.39 is 11.9 Å². The number of rotatable bonds is 11. The van der Waals surface area contributed by atoms with Crippen molar-refractivity contribution in [2.24, 2.45) is 0 Å². The number of hydrogen-bond donors (Lipinski definition) is 0. The van der Waals surface area contributed by atoms with Crippen LogP contribution in [-0.2, 0) is 19.1 Å². The van der Waals surface area contributed by atoms with E-state index in [2.05, 4.69) is 0 Å². The van der Waals surface area contributed by atoms with E-state index in [9.17, 15) is 9.59 Å². The summed E-state index contributed by atoms with van der Waals surface area (Å²) in [5, 5.41) is 0. The van der Waals surface area contributed by atoms with Crippen LogP contribution in [0.25, 0.3) is 0 Å². The van der Waals surface area contributed by atoms with Crippen LogP contribution < -0.4 is 0 Å². The van der Waals surface area contributed by atoms with Gasteiger partial charge in [-0.1, -0.05) is 0 Å². The second-order valence-corrected chi connectivity index (χ2v) is 4.41. The van der Waals surface area contributed by atoms with Crippen molar-refractivity contribution in [1.29, 1.82) is 0 Å². The Labute approximate surface area is 133 Å². The molecule has 6 heteroatoms. The number of ether oxygens (including phenoxy) is 2. The molecule has 0 aliphatic rings. The largest absolute Gasteiger partial charge is 0.459 e. The van der Waals surface area contributed by atoms with Gasteiger partial charge in [0.1, 0.15) is 13.2 Å². The Morgan fingerprint density at radius 1 is 0.727 bits per heavy atom. The Morgan fingerprint density at radius 2 is 1.05 bits per heavy atom. The van der Waals surface area contributed by atoms with Crippen LogP contribution in [-0.4, -0.2) is 61.1 Å². The third-order valence-electron chi connectivity index (χ3n) is 3.04. The second kappa shape index (κ2) is 12.7. The Kier molecular flexibility index (Phi) is 11.6. The average Bonchev–Trinajstić information content (AvgIpc) is 2.53. The first-order chi connectivity index (χ1) is 10.6. The van der Waals surface area contributed by atoms with Gasteiger partial charge in [0.25, 0.3) is 0 Å². The molecule has 0 rings (SSSR count). The fraction of sp³-hybridized carbons (Fsp3) is 0.625. The van der Waals surface area contributed by atoms with Crippen LogP contribution in [0.5, 0.6) is 0 Å². The molecule has 0 radical (unpaired) electrons. The highest BCUT2D eigenvalue weighted by Gasteiger charge is 2.01. The zero-order valence-corrected chi connectivity index (χ0v) is 14.1. The summed E-state index contributed by atoms with van der Waals surface area (Å²) in [5.74, 6) is -0.886. The lowest BCUT2D eigenvalue weighted by atomic mass is 10.5. The predicted molar refractivity (Wildman–Crippen MR) is 86.0 cm³/mol. The number of carbonyl (C=O) groups is 2. The minimum Gasteiger partial charge on any atom is -0.459 e. The first-order valence-electron chi connectivity index (χ1n) is 7.75. The smallest absolute Gasteiger partial charge is 0.332 e. The second-order valence-electron chi connectivity index (χ2n) is 4.41. The highest BCUT2D eigenvalue weighted by atomic mass is 16.6. The first-order valence-corrected chi connectivity index (χ1v) is 7.75. The molecule has 0 amide bonds. The first kappa shape index (κ1) is 20.0. The topological polar surface area (TPSA) is 59.1 Å². The Bertz CT molecular complexity index is 336. The zero-order chi connectivity index (χ0) is 16.8. The van der Waals surface area contributed by atoms with Crippen molar-refractivity contribution in [3.05, 3.63) is 24.6 Å². The molecule has 0 fully saturated rings. The maximum absolute atomic E-state index is 11.4. The zero-order valence-electron chi connectivity index (χ0n) is 14.1. The average molecular weight is 312 g/mol. The summed E-state index contributed by atoms with van der Waals surface area (Å²) < 4.78 is 9.87. The van der Waals surface area contributed by atoms with Gasteiger partial charge in [-0.05, 0) is 27.7 Å². The van der Waals surface area contributed by atoms with Gasteiger partial charge in [-0.3, -0.25) is 0 Å². The fourth-order valence-corrected chi connectivity index (χ4v) is 1.58. The molecule has 6 nitrogen and oxygen atoms in total. The van der Waals surface area contributed by atoms with E-state index in [0.29, 0.717) is 0 Å². The van der Waals surface area contributed by atoms with Crippen molar-refractivity contribution < 1.29 is 19.1 Å². The van der Waals surface area contributed by atoms with E-state index >= 15 is 0 Å². The van der Waals surface area contributed by atoms with Gasteiger partial charge in [0, 0.05) is 50.7 Å². The summed E-state index contributed by atoms with van der Waals surface area (Å²) >= 11 is 0. The molecule has 0 aromatic heterocycles. The van der Waals surface area contributed by atoms with Crippen molar-refractivity contribution in [2.45, 2.75) is 27.7 Å². The third-order valence-corrected chi connectivity index (χ3v) is 3.04. The van der Waals surface area contributed by atoms with E-state index in [-0.39, 0.29) is 13.2 Å². The fourth-order valence-electron chi connectivity index (χ4n) is 1.58. The summed E-state index contributed by atoms with van der Waals surface area (Å²) in [7, 11) is 0. The van der Waals surface area contributed by atoms with Crippen LogP contribution in [0.4, 0.5) is 0 Å². The molecule has 0 aromatic carbocycles. The van der Waals surface area contributed by atoms with Gasteiger partial charge >= 0.3 is 11.9 Å². The van der Waals surface area contributed by atoms with Crippen molar-refractivity contribution in [2.75, 3.05) is 39.4 Å². The molecule has 0 spiro atoms. The normalized spacial score (nSPS) is 10.9. The van der Waals surface area contributed by atoms with Crippen molar-refractivity contribution in [3.63, 3.8) is 0 Å². The van der Waals surface area contributed by atoms with Crippen molar-refractivity contribution >= 4 is 11.9 Å². The minimum atomic E-state index is -0.443. The number of esters is 2. The molecule has 0 aliphatic carbocycles. The molecular formula is C16H28N2O4. The van der Waals surface area contributed by atoms with Gasteiger partial charge < -0.3 is 19.3 Å². The lowest BCUT2D eigenvalue weighted by Gasteiger charge is -2.14. The number of carbonyl (C=O) groups excluding carboxylic acids is 2. The van der Waals surface area contributed by atoms with Gasteiger partial charge in [-0.2, -0.15) is 0 Å². The van der Waals surface area contributed by atoms with E-state index in [1.165, 1.54) is 12.2 Å². The molecule has 0 aromatic rings. The van der Waals surface area contributed by atoms with E-state index in [0.717, 1.165) is 26.2 Å². The van der Waals surface area contributed by atoms with Crippen LogP contribution in [0, 0.1) is 0 Å². The lowest BCUT2D eigenvalue weighted by Crippen LogP contribution is -2.17. The van der Waals surface area contributed by atoms with Crippen LogP contribution >= 0.6 is 0 Å². The summed E-state index contributed by atoms with van der Waals surface area (Å²) in [6, 6.07) is 0. The van der Waals surface area contributed by atoms with Crippen LogP contribution in [0.15, 0.2) is 24.6 Å². The maximum atomic E-state index is 11.4.